The Morgan fingerprint density at radius 2 is 1.38 bits per heavy atom. The summed E-state index contributed by atoms with van der Waals surface area (Å²) in [7, 11) is 4.55. The fourth-order valence-corrected chi connectivity index (χ4v) is 11.5. The van der Waals surface area contributed by atoms with E-state index < -0.39 is 114 Å². The minimum atomic E-state index is -1.58. The lowest BCUT2D eigenvalue weighted by Crippen LogP contribution is -2.61. The fourth-order valence-electron chi connectivity index (χ4n) is 11.5. The van der Waals surface area contributed by atoms with Crippen molar-refractivity contribution in [1.82, 2.24) is 46.6 Å². The first-order valence-electron chi connectivity index (χ1n) is 32.2. The Balaban J connectivity index is 1.35. The number of likely N-dealkylation sites (N-methyl/N-ethyl adjacent to an activating group) is 1. The Morgan fingerprint density at radius 1 is 0.731 bits per heavy atom. The van der Waals surface area contributed by atoms with Crippen LogP contribution in [0.15, 0.2) is 66.7 Å². The Kier molecular flexibility index (Phi) is 32.4. The van der Waals surface area contributed by atoms with Gasteiger partial charge in [-0.25, -0.2) is 9.59 Å². The van der Waals surface area contributed by atoms with Crippen molar-refractivity contribution in [3.05, 3.63) is 77.9 Å². The molecule has 0 spiro atoms. The number of nitrogens with one attached hydrogen (secondary N) is 7. The number of hydrogen-bond donors (Lipinski definition) is 10. The van der Waals surface area contributed by atoms with Crippen LogP contribution in [0.3, 0.4) is 0 Å². The average Bonchev–Trinajstić information content (AvgIpc) is 1.93. The van der Waals surface area contributed by atoms with Gasteiger partial charge in [0.15, 0.2) is 0 Å². The molecule has 93 heavy (non-hydrogen) atoms. The molecule has 11 N–H and O–H groups in total. The Bertz CT molecular complexity index is 2820. The predicted octanol–water partition coefficient (Wildman–Crippen LogP) is 2.94. The second-order valence-electron chi connectivity index (χ2n) is 24.8. The summed E-state index contributed by atoms with van der Waals surface area (Å²) in [6.45, 7) is 14.0. The standard InChI is InChI=1S/C66H101N11O16/c1-12-41(6)58(50(91-10)36-54(83)76-34-20-24-49(76)59(92-11)42(7)60(84)70-47(37-78)35-44-21-15-13-16-22-44)75(9)64(88)56(40(4)5)73-63(87)57(43(8)79)74-66(90)93-38-45-26-28-46(29-27-45)69-61(85)48(23-19-32-68-65(67)89)71-62(86)55(39(2)3)72-51(80)25-17-14-18-33-77-52(81)30-31-53(77)82/h13,15-16,21-22,26-31,39-43,47-50,55-59,78-79H,12,14,17-20,23-25,32-38H2,1-11H3,(H,69,85)(H,70,84)(H,71,86)(H,72,80)(H,73,87)(H,74,90)(H3,67,68,89)/t41-,42+,43-,47-,48-,49-,50+,55-,56-,57+,58-,59+/m0/s1. The van der Waals surface area contributed by atoms with E-state index in [0.717, 1.165) is 10.5 Å². The first-order chi connectivity index (χ1) is 44.1. The van der Waals surface area contributed by atoms with Gasteiger partial charge in [-0.2, -0.15) is 0 Å². The van der Waals surface area contributed by atoms with Crippen molar-refractivity contribution in [1.29, 1.82) is 0 Å². The summed E-state index contributed by atoms with van der Waals surface area (Å²) in [5.74, 6) is -6.16. The summed E-state index contributed by atoms with van der Waals surface area (Å²) in [4.78, 5) is 150. The fraction of sp³-hybridized carbons (Fsp3) is 0.621. The summed E-state index contributed by atoms with van der Waals surface area (Å²) in [5.41, 5.74) is 6.93. The summed E-state index contributed by atoms with van der Waals surface area (Å²) in [5, 5.41) is 39.7. The summed E-state index contributed by atoms with van der Waals surface area (Å²) >= 11 is 0. The zero-order valence-electron chi connectivity index (χ0n) is 55.8. The zero-order valence-corrected chi connectivity index (χ0v) is 55.8. The van der Waals surface area contributed by atoms with Gasteiger partial charge in [-0.3, -0.25) is 48.1 Å². The number of nitrogens with two attached hydrogens (primary N) is 1. The van der Waals surface area contributed by atoms with E-state index in [1.807, 2.05) is 44.2 Å². The zero-order chi connectivity index (χ0) is 69.1. The minimum absolute atomic E-state index is 0.0662. The van der Waals surface area contributed by atoms with Gasteiger partial charge < -0.3 is 77.2 Å². The Morgan fingerprint density at radius 3 is 1.96 bits per heavy atom. The normalized spacial score (nSPS) is 17.4. The van der Waals surface area contributed by atoms with Crippen molar-refractivity contribution in [3.8, 4) is 0 Å². The molecule has 0 bridgehead atoms. The lowest BCUT2D eigenvalue weighted by atomic mass is 9.89. The molecule has 27 nitrogen and oxygen atoms in total. The molecule has 4 rings (SSSR count). The van der Waals surface area contributed by atoms with Crippen molar-refractivity contribution < 1.29 is 77.2 Å². The number of aliphatic hydroxyl groups is 2. The van der Waals surface area contributed by atoms with Gasteiger partial charge >= 0.3 is 12.1 Å². The van der Waals surface area contributed by atoms with E-state index >= 15 is 0 Å². The van der Waals surface area contributed by atoms with E-state index in [0.29, 0.717) is 62.7 Å². The van der Waals surface area contributed by atoms with Crippen LogP contribution in [0, 0.1) is 23.7 Å². The molecule has 0 radical (unpaired) electrons. The van der Waals surface area contributed by atoms with Gasteiger partial charge in [-0.1, -0.05) is 104 Å². The highest BCUT2D eigenvalue weighted by Gasteiger charge is 2.44. The number of anilines is 1. The summed E-state index contributed by atoms with van der Waals surface area (Å²) in [6.07, 6.45) is 2.38. The van der Waals surface area contributed by atoms with Gasteiger partial charge in [0.1, 0.15) is 30.8 Å². The molecule has 0 aliphatic carbocycles. The Labute approximate surface area is 546 Å². The van der Waals surface area contributed by atoms with Crippen LogP contribution in [0.25, 0.3) is 0 Å². The first kappa shape index (κ1) is 77.4. The number of urea groups is 1. The molecule has 2 aromatic rings. The second-order valence-corrected chi connectivity index (χ2v) is 24.8. The van der Waals surface area contributed by atoms with E-state index in [9.17, 15) is 63.0 Å². The van der Waals surface area contributed by atoms with Crippen molar-refractivity contribution in [3.63, 3.8) is 0 Å². The van der Waals surface area contributed by atoms with Crippen LogP contribution in [0.4, 0.5) is 15.3 Å². The third kappa shape index (κ3) is 24.1. The van der Waals surface area contributed by atoms with Gasteiger partial charge in [-0.15, -0.1) is 0 Å². The maximum Gasteiger partial charge on any atom is 0.408 e. The molecule has 0 aromatic heterocycles. The molecular formula is C66H101N11O16. The topological polar surface area (TPSA) is 376 Å². The van der Waals surface area contributed by atoms with Crippen LogP contribution in [-0.2, 0) is 70.4 Å². The molecule has 2 aliphatic rings. The first-order valence-corrected chi connectivity index (χ1v) is 32.2. The molecule has 12 atom stereocenters. The van der Waals surface area contributed by atoms with E-state index in [4.69, 9.17) is 19.9 Å². The number of alkyl carbamates (subject to hydrolysis) is 1. The van der Waals surface area contributed by atoms with Crippen LogP contribution < -0.4 is 43.0 Å². The van der Waals surface area contributed by atoms with Gasteiger partial charge in [0.2, 0.25) is 41.4 Å². The number of hydrogen-bond acceptors (Lipinski definition) is 16. The van der Waals surface area contributed by atoms with Crippen LogP contribution in [0.5, 0.6) is 0 Å². The molecule has 516 valence electrons. The molecule has 0 saturated carbocycles. The highest BCUT2D eigenvalue weighted by Crippen LogP contribution is 2.30. The predicted molar refractivity (Wildman–Crippen MR) is 346 cm³/mol. The number of carbonyl (C=O) groups excluding carboxylic acids is 11. The number of methoxy groups -OCH3 is 2. The number of aliphatic hydroxyl groups excluding tert-OH is 2. The van der Waals surface area contributed by atoms with Crippen LogP contribution in [0.1, 0.15) is 131 Å². The number of rotatable bonds is 39. The van der Waals surface area contributed by atoms with E-state index in [2.05, 4.69) is 37.2 Å². The smallest absolute Gasteiger partial charge is 0.408 e. The van der Waals surface area contributed by atoms with Crippen molar-refractivity contribution >= 4 is 71.0 Å². The van der Waals surface area contributed by atoms with Crippen LogP contribution in [0.2, 0.25) is 0 Å². The summed E-state index contributed by atoms with van der Waals surface area (Å²) in [6, 6.07) is 8.33. The number of unbranched alkanes of at least 4 members (excludes halogenated alkanes) is 2. The molecule has 0 unspecified atom stereocenters. The Hall–Kier alpha value is -8.01. The lowest BCUT2D eigenvalue weighted by molar-refractivity contribution is -0.148. The number of amides is 12. The SMILES string of the molecule is CC[C@H](C)[C@@H]([C@@H](CC(=O)N1CCC[C@H]1[C@H](OC)[C@@H](C)C(=O)N[C@H](CO)Cc1ccccc1)OC)N(C)C(=O)[C@@H](NC(=O)[C@H](NC(=O)OCc1ccc(NC(=O)[C@H](CCCNC(N)=O)NC(=O)[C@@H](NC(=O)CCCCCN2C(=O)C=CC2=O)C(C)C)cc1)[C@H](C)O)C(C)C. The molecule has 1 saturated heterocycles. The highest BCUT2D eigenvalue weighted by molar-refractivity contribution is 6.12. The van der Waals surface area contributed by atoms with Gasteiger partial charge in [0.25, 0.3) is 11.8 Å². The van der Waals surface area contributed by atoms with E-state index in [1.54, 1.807) is 58.7 Å². The summed E-state index contributed by atoms with van der Waals surface area (Å²) < 4.78 is 17.4. The number of benzene rings is 2. The highest BCUT2D eigenvalue weighted by atomic mass is 16.5. The molecule has 12 amide bonds. The largest absolute Gasteiger partial charge is 0.445 e. The number of nitrogens with zero attached hydrogens (tertiary/aromatic N) is 3. The van der Waals surface area contributed by atoms with Gasteiger partial charge in [0.05, 0.1) is 55.4 Å². The quantitative estimate of drug-likeness (QED) is 0.0340. The van der Waals surface area contributed by atoms with Crippen LogP contribution in [-0.4, -0.2) is 198 Å². The maximum atomic E-state index is 14.7. The minimum Gasteiger partial charge on any atom is -0.445 e. The molecule has 2 aliphatic heterocycles. The van der Waals surface area contributed by atoms with Gasteiger partial charge in [0, 0.05) is 65.2 Å². The van der Waals surface area contributed by atoms with Crippen molar-refractivity contribution in [2.45, 2.75) is 193 Å². The number of carbonyl (C=O) groups is 11. The number of imide groups is 1. The molecule has 1 fully saturated rings. The van der Waals surface area contributed by atoms with E-state index in [-0.39, 0.29) is 87.5 Å². The average molecular weight is 1300 g/mol. The third-order valence-corrected chi connectivity index (χ3v) is 17.1. The number of primary amides is 1. The molecular weight excluding hydrogens is 1200 g/mol. The molecule has 27 heteroatoms. The second kappa shape index (κ2) is 38.9. The van der Waals surface area contributed by atoms with E-state index in [1.165, 1.54) is 50.3 Å². The molecule has 2 aromatic carbocycles. The van der Waals surface area contributed by atoms with Crippen molar-refractivity contribution in [2.24, 2.45) is 29.4 Å². The lowest BCUT2D eigenvalue weighted by Gasteiger charge is -2.41. The van der Waals surface area contributed by atoms with Crippen molar-refractivity contribution in [2.75, 3.05) is 52.8 Å². The van der Waals surface area contributed by atoms with Crippen LogP contribution >= 0.6 is 0 Å². The van der Waals surface area contributed by atoms with Gasteiger partial charge in [-0.05, 0) is 92.9 Å². The maximum absolute atomic E-state index is 14.7. The molecule has 2 heterocycles. The third-order valence-electron chi connectivity index (χ3n) is 17.1. The number of likely N-dealkylation sites (tertiary alicyclic amines) is 1. The number of ether oxygens (including phenoxy) is 3. The monoisotopic (exact) mass is 1300 g/mol.